The summed E-state index contributed by atoms with van der Waals surface area (Å²) < 4.78 is 12.7. The number of carbonyl (C=O) groups is 2. The largest absolute Gasteiger partial charge is 0.507 e. The van der Waals surface area contributed by atoms with Crippen LogP contribution in [0.1, 0.15) is 130 Å². The first-order valence-electron chi connectivity index (χ1n) is 16.7. The van der Waals surface area contributed by atoms with Gasteiger partial charge in [-0.05, 0) is 113 Å². The molecule has 250 valence electrons. The highest BCUT2D eigenvalue weighted by Gasteiger charge is 2.49. The van der Waals surface area contributed by atoms with Crippen LogP contribution in [-0.2, 0) is 25.5 Å². The zero-order chi connectivity index (χ0) is 33.5. The van der Waals surface area contributed by atoms with Crippen molar-refractivity contribution in [3.05, 3.63) is 28.8 Å². The van der Waals surface area contributed by atoms with Crippen LogP contribution in [0.15, 0.2) is 12.1 Å². The van der Waals surface area contributed by atoms with Gasteiger partial charge in [-0.1, -0.05) is 31.9 Å². The lowest BCUT2D eigenvalue weighted by Gasteiger charge is -2.53. The van der Waals surface area contributed by atoms with E-state index >= 15 is 0 Å². The molecule has 0 bridgehead atoms. The van der Waals surface area contributed by atoms with Gasteiger partial charge in [0.15, 0.2) is 0 Å². The van der Waals surface area contributed by atoms with Crippen molar-refractivity contribution in [3.8, 4) is 5.75 Å². The van der Waals surface area contributed by atoms with Gasteiger partial charge in [-0.2, -0.15) is 0 Å². The lowest BCUT2D eigenvalue weighted by molar-refractivity contribution is -0.179. The highest BCUT2D eigenvalue weighted by atomic mass is 16.6. The minimum absolute atomic E-state index is 0.0303. The van der Waals surface area contributed by atoms with E-state index < -0.39 is 5.41 Å². The second-order valence-corrected chi connectivity index (χ2v) is 16.6. The van der Waals surface area contributed by atoms with E-state index in [1.807, 2.05) is 26.0 Å². The Labute approximate surface area is 268 Å². The molecule has 0 radical (unpaired) electrons. The van der Waals surface area contributed by atoms with E-state index in [0.29, 0.717) is 12.8 Å². The van der Waals surface area contributed by atoms with Crippen LogP contribution >= 0.6 is 0 Å². The predicted molar refractivity (Wildman–Crippen MR) is 178 cm³/mol. The molecule has 1 aromatic carbocycles. The molecule has 2 heterocycles. The first-order chi connectivity index (χ1) is 20.0. The molecule has 0 aromatic heterocycles. The normalized spacial score (nSPS) is 23.6. The molecular weight excluding hydrogens is 552 g/mol. The first-order valence-corrected chi connectivity index (χ1v) is 16.7. The molecule has 2 aliphatic heterocycles. The highest BCUT2D eigenvalue weighted by Crippen LogP contribution is 2.43. The SMILES string of the molecule is CCCCC(CC(=O)OC1CC(C)(C)N(C)C(C)(C)C1)(Cc1cc(C)c(O)c(C)c1)C(=O)OC1CC(C)(C)N(C)C(C)(C)C1. The number of likely N-dealkylation sites (tertiary alicyclic amines) is 2. The maximum atomic E-state index is 14.6. The maximum absolute atomic E-state index is 14.6. The summed E-state index contributed by atoms with van der Waals surface area (Å²) in [5, 5.41) is 10.5. The number of phenolic OH excluding ortho intramolecular Hbond substituents is 1. The van der Waals surface area contributed by atoms with Gasteiger partial charge in [0.1, 0.15) is 18.0 Å². The third-order valence-corrected chi connectivity index (χ3v) is 11.1. The van der Waals surface area contributed by atoms with Gasteiger partial charge in [0.05, 0.1) is 11.8 Å². The van der Waals surface area contributed by atoms with Gasteiger partial charge in [0.25, 0.3) is 0 Å². The lowest BCUT2D eigenvalue weighted by atomic mass is 9.73. The number of unbranched alkanes of at least 4 members (excludes halogenated alkanes) is 1. The van der Waals surface area contributed by atoms with E-state index in [1.54, 1.807) is 0 Å². The zero-order valence-corrected chi connectivity index (χ0v) is 30.1. The maximum Gasteiger partial charge on any atom is 0.313 e. The number of ether oxygens (including phenoxy) is 2. The van der Waals surface area contributed by atoms with Gasteiger partial charge in [-0.25, -0.2) is 0 Å². The molecule has 2 fully saturated rings. The smallest absolute Gasteiger partial charge is 0.313 e. The van der Waals surface area contributed by atoms with Gasteiger partial charge in [-0.15, -0.1) is 0 Å². The molecule has 0 saturated carbocycles. The van der Waals surface area contributed by atoms with Crippen LogP contribution in [0.4, 0.5) is 0 Å². The molecule has 1 N–H and O–H groups in total. The molecule has 0 amide bonds. The summed E-state index contributed by atoms with van der Waals surface area (Å²) in [5.74, 6) is -0.384. The number of nitrogens with zero attached hydrogens (tertiary/aromatic N) is 2. The molecule has 0 spiro atoms. The summed E-state index contributed by atoms with van der Waals surface area (Å²) in [6.07, 6.45) is 4.98. The molecule has 0 aliphatic carbocycles. The number of rotatable bonds is 10. The summed E-state index contributed by atoms with van der Waals surface area (Å²) in [7, 11) is 4.28. The van der Waals surface area contributed by atoms with Crippen LogP contribution in [0.2, 0.25) is 0 Å². The number of hydrogen-bond acceptors (Lipinski definition) is 7. The number of piperidine rings is 2. The van der Waals surface area contributed by atoms with Gasteiger partial charge in [0, 0.05) is 47.8 Å². The molecule has 3 rings (SSSR count). The van der Waals surface area contributed by atoms with Crippen LogP contribution in [0.3, 0.4) is 0 Å². The number of phenols is 1. The Kier molecular flexibility index (Phi) is 10.7. The Hall–Kier alpha value is -2.12. The standard InChI is InChI=1S/C37H62N2O5/c1-14-15-16-37(19-27-17-25(2)31(41)26(3)18-27,32(42)44-29-22-35(8,9)39(13)36(10,11)23-29)24-30(40)43-28-20-33(4,5)38(12)34(6,7)21-28/h17-18,28-29,41H,14-16,19-24H2,1-13H3. The van der Waals surface area contributed by atoms with Gasteiger partial charge < -0.3 is 14.6 Å². The Balaban J connectivity index is 1.98. The molecule has 2 aliphatic rings. The van der Waals surface area contributed by atoms with E-state index in [1.165, 1.54) is 0 Å². The number of benzene rings is 1. The number of aryl methyl sites for hydroxylation is 2. The topological polar surface area (TPSA) is 79.3 Å². The minimum Gasteiger partial charge on any atom is -0.507 e. The van der Waals surface area contributed by atoms with Crippen molar-refractivity contribution < 1.29 is 24.2 Å². The average Bonchev–Trinajstić information content (AvgIpc) is 2.86. The van der Waals surface area contributed by atoms with Crippen molar-refractivity contribution in [2.24, 2.45) is 5.41 Å². The molecular formula is C37H62N2O5. The number of carbonyl (C=O) groups excluding carboxylic acids is 2. The Morgan fingerprint density at radius 1 is 0.818 bits per heavy atom. The van der Waals surface area contributed by atoms with Crippen molar-refractivity contribution in [2.45, 2.75) is 168 Å². The Bertz CT molecular complexity index is 1140. The van der Waals surface area contributed by atoms with Crippen LogP contribution in [-0.4, -0.2) is 75.3 Å². The van der Waals surface area contributed by atoms with Crippen LogP contribution in [0, 0.1) is 19.3 Å². The van der Waals surface area contributed by atoms with E-state index in [2.05, 4.69) is 86.2 Å². The summed E-state index contributed by atoms with van der Waals surface area (Å²) in [5.41, 5.74) is 0.832. The fourth-order valence-electron chi connectivity index (χ4n) is 8.05. The Morgan fingerprint density at radius 2 is 1.23 bits per heavy atom. The lowest BCUT2D eigenvalue weighted by Crippen LogP contribution is -2.61. The number of aromatic hydroxyl groups is 1. The van der Waals surface area contributed by atoms with Gasteiger partial charge >= 0.3 is 11.9 Å². The van der Waals surface area contributed by atoms with Gasteiger partial charge in [0.2, 0.25) is 0 Å². The van der Waals surface area contributed by atoms with E-state index in [0.717, 1.165) is 55.2 Å². The van der Waals surface area contributed by atoms with E-state index in [-0.39, 0.29) is 58.5 Å². The molecule has 1 atom stereocenters. The Morgan fingerprint density at radius 3 is 1.64 bits per heavy atom. The summed E-state index contributed by atoms with van der Waals surface area (Å²) >= 11 is 0. The number of esters is 2. The predicted octanol–water partition coefficient (Wildman–Crippen LogP) is 7.51. The fraction of sp³-hybridized carbons (Fsp3) is 0.784. The van der Waals surface area contributed by atoms with Gasteiger partial charge in [-0.3, -0.25) is 19.4 Å². The van der Waals surface area contributed by atoms with Crippen molar-refractivity contribution >= 4 is 11.9 Å². The quantitative estimate of drug-likeness (QED) is 0.273. The molecule has 1 aromatic rings. The van der Waals surface area contributed by atoms with Crippen LogP contribution < -0.4 is 0 Å². The average molecular weight is 615 g/mol. The van der Waals surface area contributed by atoms with Crippen molar-refractivity contribution in [2.75, 3.05) is 14.1 Å². The van der Waals surface area contributed by atoms with Crippen molar-refractivity contribution in [1.29, 1.82) is 0 Å². The monoisotopic (exact) mass is 614 g/mol. The van der Waals surface area contributed by atoms with E-state index in [9.17, 15) is 14.7 Å². The number of hydrogen-bond donors (Lipinski definition) is 1. The zero-order valence-electron chi connectivity index (χ0n) is 30.1. The third-order valence-electron chi connectivity index (χ3n) is 11.1. The minimum atomic E-state index is -1.07. The molecule has 7 nitrogen and oxygen atoms in total. The summed E-state index contributed by atoms with van der Waals surface area (Å²) in [6.45, 7) is 23.4. The highest BCUT2D eigenvalue weighted by molar-refractivity contribution is 5.84. The fourth-order valence-corrected chi connectivity index (χ4v) is 8.05. The van der Waals surface area contributed by atoms with E-state index in [4.69, 9.17) is 9.47 Å². The molecule has 1 unspecified atom stereocenters. The first kappa shape index (κ1) is 36.3. The van der Waals surface area contributed by atoms with Crippen molar-refractivity contribution in [3.63, 3.8) is 0 Å². The van der Waals surface area contributed by atoms with Crippen molar-refractivity contribution in [1.82, 2.24) is 9.80 Å². The molecule has 44 heavy (non-hydrogen) atoms. The second-order valence-electron chi connectivity index (χ2n) is 16.6. The summed E-state index contributed by atoms with van der Waals surface area (Å²) in [6, 6.07) is 3.87. The van der Waals surface area contributed by atoms with Crippen LogP contribution in [0.5, 0.6) is 5.75 Å². The summed E-state index contributed by atoms with van der Waals surface area (Å²) in [4.78, 5) is 33.2. The second kappa shape index (κ2) is 12.9. The third kappa shape index (κ3) is 7.99. The van der Waals surface area contributed by atoms with Crippen LogP contribution in [0.25, 0.3) is 0 Å². The molecule has 2 saturated heterocycles. The molecule has 7 heteroatoms.